The Hall–Kier alpha value is -2.89. The number of hydrogen-bond acceptors (Lipinski definition) is 10. The summed E-state index contributed by atoms with van der Waals surface area (Å²) in [6.45, 7) is 1.70. The SMILES string of the molecule is CC/C=C\C/C=C\C/C=C\CCCCCCCC(=O)OC[C@H](COP(=O)(O)OC[C@@H](O)CO)OC(=O)CCC/C=C\C/C=C\C/C=C\C/C=C\CCC[C@H](C)O. The third kappa shape index (κ3) is 39.3. The van der Waals surface area contributed by atoms with E-state index in [0.717, 1.165) is 89.9 Å². The number of phosphoric ester groups is 1. The molecule has 0 spiro atoms. The lowest BCUT2D eigenvalue weighted by Crippen LogP contribution is -2.29. The van der Waals surface area contributed by atoms with Crippen molar-refractivity contribution in [3.63, 3.8) is 0 Å². The maximum Gasteiger partial charge on any atom is 0.472 e. The zero-order valence-electron chi connectivity index (χ0n) is 34.2. The first-order valence-corrected chi connectivity index (χ1v) is 22.1. The summed E-state index contributed by atoms with van der Waals surface area (Å²) in [5.41, 5.74) is 0. The van der Waals surface area contributed by atoms with Crippen LogP contribution in [0.4, 0.5) is 0 Å². The molecule has 0 heterocycles. The van der Waals surface area contributed by atoms with E-state index in [0.29, 0.717) is 19.3 Å². The van der Waals surface area contributed by atoms with Gasteiger partial charge in [-0.05, 0) is 96.8 Å². The van der Waals surface area contributed by atoms with Crippen LogP contribution in [0.25, 0.3) is 0 Å². The van der Waals surface area contributed by atoms with Crippen molar-refractivity contribution in [1.82, 2.24) is 0 Å². The van der Waals surface area contributed by atoms with Crippen molar-refractivity contribution in [2.24, 2.45) is 0 Å². The monoisotopic (exact) mass is 808 g/mol. The number of carbonyl (C=O) groups excluding carboxylic acids is 2. The van der Waals surface area contributed by atoms with Gasteiger partial charge in [0.15, 0.2) is 6.10 Å². The molecule has 320 valence electrons. The molecule has 0 saturated carbocycles. The molecule has 56 heavy (non-hydrogen) atoms. The summed E-state index contributed by atoms with van der Waals surface area (Å²) < 4.78 is 32.6. The molecule has 11 nitrogen and oxygen atoms in total. The van der Waals surface area contributed by atoms with Crippen LogP contribution in [-0.2, 0) is 32.7 Å². The van der Waals surface area contributed by atoms with Gasteiger partial charge in [-0.2, -0.15) is 0 Å². The highest BCUT2D eigenvalue weighted by molar-refractivity contribution is 7.47. The van der Waals surface area contributed by atoms with E-state index in [4.69, 9.17) is 19.1 Å². The molecule has 0 aromatic carbocycles. The molecule has 4 N–H and O–H groups in total. The fraction of sp³-hybridized carbons (Fsp3) is 0.636. The predicted molar refractivity (Wildman–Crippen MR) is 225 cm³/mol. The van der Waals surface area contributed by atoms with E-state index in [1.807, 2.05) is 19.1 Å². The van der Waals surface area contributed by atoms with Gasteiger partial charge in [0.1, 0.15) is 12.7 Å². The average molecular weight is 809 g/mol. The Morgan fingerprint density at radius 1 is 0.589 bits per heavy atom. The summed E-state index contributed by atoms with van der Waals surface area (Å²) in [5.74, 6) is -1.04. The molecule has 4 atom stereocenters. The van der Waals surface area contributed by atoms with Crippen molar-refractivity contribution in [3.8, 4) is 0 Å². The molecule has 0 aliphatic heterocycles. The topological polar surface area (TPSA) is 169 Å². The molecule has 1 unspecified atom stereocenters. The molecule has 0 radical (unpaired) electrons. The van der Waals surface area contributed by atoms with Gasteiger partial charge in [-0.3, -0.25) is 18.6 Å². The van der Waals surface area contributed by atoms with Crippen LogP contribution in [-0.4, -0.2) is 76.9 Å². The molecule has 0 aromatic heterocycles. The highest BCUT2D eigenvalue weighted by Crippen LogP contribution is 2.43. The molecule has 0 aliphatic rings. The quantitative estimate of drug-likeness (QED) is 0.0204. The Morgan fingerprint density at radius 3 is 1.61 bits per heavy atom. The Bertz CT molecular complexity index is 1220. The van der Waals surface area contributed by atoms with E-state index in [1.165, 1.54) is 0 Å². The Labute approximate surface area is 337 Å². The van der Waals surface area contributed by atoms with E-state index < -0.39 is 51.8 Å². The van der Waals surface area contributed by atoms with E-state index in [2.05, 4.69) is 84.4 Å². The van der Waals surface area contributed by atoms with Gasteiger partial charge >= 0.3 is 19.8 Å². The van der Waals surface area contributed by atoms with Gasteiger partial charge in [-0.1, -0.05) is 111 Å². The van der Waals surface area contributed by atoms with Gasteiger partial charge in [0.25, 0.3) is 0 Å². The van der Waals surface area contributed by atoms with E-state index in [9.17, 15) is 29.3 Å². The van der Waals surface area contributed by atoms with Gasteiger partial charge in [0.05, 0.1) is 25.9 Å². The lowest BCUT2D eigenvalue weighted by Gasteiger charge is -2.20. The zero-order chi connectivity index (χ0) is 41.4. The number of esters is 2. The normalized spacial score (nSPS) is 15.3. The van der Waals surface area contributed by atoms with Crippen LogP contribution < -0.4 is 0 Å². The van der Waals surface area contributed by atoms with Crippen LogP contribution in [0.15, 0.2) is 85.1 Å². The van der Waals surface area contributed by atoms with E-state index >= 15 is 0 Å². The van der Waals surface area contributed by atoms with Crippen molar-refractivity contribution in [1.29, 1.82) is 0 Å². The van der Waals surface area contributed by atoms with Crippen molar-refractivity contribution in [2.75, 3.05) is 26.4 Å². The first-order valence-electron chi connectivity index (χ1n) is 20.6. The van der Waals surface area contributed by atoms with E-state index in [1.54, 1.807) is 0 Å². The van der Waals surface area contributed by atoms with Crippen LogP contribution in [0.3, 0.4) is 0 Å². The van der Waals surface area contributed by atoms with Crippen LogP contribution in [0.2, 0.25) is 0 Å². The van der Waals surface area contributed by atoms with E-state index in [-0.39, 0.29) is 25.6 Å². The molecule has 0 rings (SSSR count). The molecular weight excluding hydrogens is 735 g/mol. The molecule has 0 saturated heterocycles. The summed E-state index contributed by atoms with van der Waals surface area (Å²) in [7, 11) is -4.65. The second-order valence-corrected chi connectivity index (χ2v) is 15.0. The summed E-state index contributed by atoms with van der Waals surface area (Å²) in [5, 5.41) is 27.6. The van der Waals surface area contributed by atoms with Gasteiger partial charge in [-0.15, -0.1) is 0 Å². The standard InChI is InChI=1S/C44H73O11P/c1-3-4-5-6-7-8-9-10-12-16-19-22-25-28-31-34-43(48)52-38-42(39-54-56(50,51)53-37-41(47)36-45)55-44(49)35-32-29-26-23-20-17-14-11-13-15-18-21-24-27-30-33-40(2)46/h4-5,7-8,10,12-15,17,21,23-24,26,40-42,45-47H,3,6,9,11,16,18-20,22,25,27-39H2,1-2H3,(H,50,51)/b5-4-,8-7-,12-10-,15-13-,17-14-,24-21-,26-23-/t40-,41-,42+/m0/s1. The van der Waals surface area contributed by atoms with Crippen molar-refractivity contribution in [3.05, 3.63) is 85.1 Å². The van der Waals surface area contributed by atoms with Crippen LogP contribution in [0.5, 0.6) is 0 Å². The third-order valence-corrected chi connectivity index (χ3v) is 9.00. The van der Waals surface area contributed by atoms with Crippen molar-refractivity contribution >= 4 is 19.8 Å². The number of allylic oxidation sites excluding steroid dienone is 14. The van der Waals surface area contributed by atoms with Crippen LogP contribution >= 0.6 is 7.82 Å². The Balaban J connectivity index is 4.47. The van der Waals surface area contributed by atoms with Gasteiger partial charge in [0, 0.05) is 12.8 Å². The van der Waals surface area contributed by atoms with Crippen LogP contribution in [0, 0.1) is 0 Å². The highest BCUT2D eigenvalue weighted by atomic mass is 31.2. The van der Waals surface area contributed by atoms with Gasteiger partial charge in [0.2, 0.25) is 0 Å². The lowest BCUT2D eigenvalue weighted by molar-refractivity contribution is -0.161. The highest BCUT2D eigenvalue weighted by Gasteiger charge is 2.27. The first-order chi connectivity index (χ1) is 27.1. The fourth-order valence-electron chi connectivity index (χ4n) is 4.90. The molecule has 0 bridgehead atoms. The fourth-order valence-corrected chi connectivity index (χ4v) is 5.69. The molecule has 0 fully saturated rings. The lowest BCUT2D eigenvalue weighted by atomic mass is 10.1. The number of ether oxygens (including phenoxy) is 2. The number of unbranched alkanes of at least 4 members (excludes halogenated alkanes) is 7. The average Bonchev–Trinajstić information content (AvgIpc) is 3.17. The summed E-state index contributed by atoms with van der Waals surface area (Å²) in [6.07, 6.45) is 42.6. The second-order valence-electron chi connectivity index (χ2n) is 13.6. The molecule has 0 aliphatic carbocycles. The predicted octanol–water partition coefficient (Wildman–Crippen LogP) is 9.63. The third-order valence-electron chi connectivity index (χ3n) is 8.05. The van der Waals surface area contributed by atoms with Gasteiger partial charge < -0.3 is 29.7 Å². The number of aliphatic hydroxyl groups excluding tert-OH is 3. The zero-order valence-corrected chi connectivity index (χ0v) is 35.1. The minimum absolute atomic E-state index is 0.0875. The number of phosphoric acid groups is 1. The summed E-state index contributed by atoms with van der Waals surface area (Å²) >= 11 is 0. The largest absolute Gasteiger partial charge is 0.472 e. The van der Waals surface area contributed by atoms with Crippen LogP contribution in [0.1, 0.15) is 136 Å². The molecular formula is C44H73O11P. The Morgan fingerprint density at radius 2 is 1.05 bits per heavy atom. The summed E-state index contributed by atoms with van der Waals surface area (Å²) in [6, 6.07) is 0. The minimum Gasteiger partial charge on any atom is -0.462 e. The molecule has 12 heteroatoms. The number of aliphatic hydroxyl groups is 3. The molecule has 0 amide bonds. The van der Waals surface area contributed by atoms with Crippen molar-refractivity contribution < 1.29 is 52.9 Å². The molecule has 0 aromatic rings. The number of carbonyl (C=O) groups is 2. The minimum atomic E-state index is -4.65. The maximum atomic E-state index is 12.6. The van der Waals surface area contributed by atoms with Crippen molar-refractivity contribution in [2.45, 2.75) is 154 Å². The number of rotatable bonds is 37. The first kappa shape index (κ1) is 53.1. The number of hydrogen-bond donors (Lipinski definition) is 4. The summed E-state index contributed by atoms with van der Waals surface area (Å²) in [4.78, 5) is 34.9. The maximum absolute atomic E-state index is 12.6. The second kappa shape index (κ2) is 39.0. The smallest absolute Gasteiger partial charge is 0.462 e. The Kier molecular flexibility index (Phi) is 36.9. The van der Waals surface area contributed by atoms with Gasteiger partial charge in [-0.25, -0.2) is 4.57 Å².